The summed E-state index contributed by atoms with van der Waals surface area (Å²) in [6.07, 6.45) is 16.9. The lowest BCUT2D eigenvalue weighted by atomic mass is 9.69. The van der Waals surface area contributed by atoms with E-state index in [0.717, 1.165) is 59.3 Å². The number of ether oxygens (including phenoxy) is 1. The molecule has 1 aromatic heterocycles. The summed E-state index contributed by atoms with van der Waals surface area (Å²) in [5.74, 6) is 0.400. The van der Waals surface area contributed by atoms with Crippen molar-refractivity contribution in [2.24, 2.45) is 13.0 Å². The van der Waals surface area contributed by atoms with Gasteiger partial charge in [-0.05, 0) is 49.4 Å². The van der Waals surface area contributed by atoms with Crippen molar-refractivity contribution in [1.29, 1.82) is 0 Å². The third kappa shape index (κ3) is 5.20. The minimum atomic E-state index is -0.750. The Kier molecular flexibility index (Phi) is 7.70. The molecular weight excluding hydrogens is 556 g/mol. The SMILES string of the molecule is Cn1cc(C2C(=O)C(=CC3=[N+](CCOc4ccccc4)c4ccccc4C3(C)CCCCC3C=CC=C3)C2=O)c2ccccc21. The molecule has 1 atom stereocenters. The summed E-state index contributed by atoms with van der Waals surface area (Å²) in [6, 6.07) is 26.3. The molecule has 3 aliphatic rings. The van der Waals surface area contributed by atoms with Gasteiger partial charge in [0.25, 0.3) is 0 Å². The van der Waals surface area contributed by atoms with Crippen molar-refractivity contribution in [3.05, 3.63) is 132 Å². The molecule has 226 valence electrons. The second-order valence-corrected chi connectivity index (χ2v) is 12.7. The molecule has 45 heavy (non-hydrogen) atoms. The zero-order chi connectivity index (χ0) is 31.0. The largest absolute Gasteiger partial charge is 0.487 e. The minimum Gasteiger partial charge on any atom is -0.487 e. The standard InChI is InChI=1S/C40H39N2O3/c1-40(23-13-12-16-28-14-6-7-15-28)33-20-9-11-22-35(33)42(24-25-45-29-17-4-3-5-18-29)36(40)26-31-38(43)37(39(31)44)32-27-41(2)34-21-10-8-19-30(32)34/h3-11,14-15,17-22,26-28,37H,12-13,16,23-25H2,1-2H3/q+1. The highest BCUT2D eigenvalue weighted by Crippen LogP contribution is 2.45. The summed E-state index contributed by atoms with van der Waals surface area (Å²) in [7, 11) is 1.96. The second-order valence-electron chi connectivity index (χ2n) is 12.7. The summed E-state index contributed by atoms with van der Waals surface area (Å²) in [5.41, 5.74) is 5.14. The molecule has 0 saturated heterocycles. The lowest BCUT2D eigenvalue weighted by Gasteiger charge is -2.27. The third-order valence-electron chi connectivity index (χ3n) is 9.84. The number of allylic oxidation sites excluding steroid dienone is 6. The van der Waals surface area contributed by atoms with E-state index in [1.807, 2.05) is 78.5 Å². The first-order valence-electron chi connectivity index (χ1n) is 16.1. The molecule has 1 fully saturated rings. The van der Waals surface area contributed by atoms with Gasteiger partial charge in [0.05, 0.1) is 11.0 Å². The van der Waals surface area contributed by atoms with E-state index < -0.39 is 5.92 Å². The van der Waals surface area contributed by atoms with E-state index >= 15 is 0 Å². The van der Waals surface area contributed by atoms with Crippen LogP contribution in [0.25, 0.3) is 10.9 Å². The van der Waals surface area contributed by atoms with E-state index in [1.165, 1.54) is 5.56 Å². The van der Waals surface area contributed by atoms with Crippen LogP contribution in [0.1, 0.15) is 49.7 Å². The van der Waals surface area contributed by atoms with Gasteiger partial charge < -0.3 is 9.30 Å². The highest BCUT2D eigenvalue weighted by atomic mass is 16.5. The van der Waals surface area contributed by atoms with Crippen LogP contribution in [-0.2, 0) is 22.1 Å². The van der Waals surface area contributed by atoms with Gasteiger partial charge in [0, 0.05) is 41.9 Å². The number of nitrogens with zero attached hydrogens (tertiary/aromatic N) is 2. The Balaban J connectivity index is 1.22. The van der Waals surface area contributed by atoms with Crippen LogP contribution >= 0.6 is 0 Å². The molecule has 1 saturated carbocycles. The number of aromatic nitrogens is 1. The van der Waals surface area contributed by atoms with E-state index in [-0.39, 0.29) is 17.0 Å². The van der Waals surface area contributed by atoms with E-state index in [2.05, 4.69) is 60.1 Å². The van der Waals surface area contributed by atoms with Gasteiger partial charge in [-0.3, -0.25) is 9.59 Å². The number of fused-ring (bicyclic) bond motifs is 2. The maximum atomic E-state index is 13.8. The lowest BCUT2D eigenvalue weighted by molar-refractivity contribution is -0.440. The Morgan fingerprint density at radius 1 is 0.889 bits per heavy atom. The molecule has 2 heterocycles. The summed E-state index contributed by atoms with van der Waals surface area (Å²) >= 11 is 0. The molecule has 7 rings (SSSR count). The first-order chi connectivity index (χ1) is 22.0. The fourth-order valence-electron chi connectivity index (χ4n) is 7.42. The van der Waals surface area contributed by atoms with Gasteiger partial charge >= 0.3 is 0 Å². The Morgan fingerprint density at radius 3 is 2.40 bits per heavy atom. The molecule has 0 bridgehead atoms. The predicted molar refractivity (Wildman–Crippen MR) is 180 cm³/mol. The van der Waals surface area contributed by atoms with E-state index in [9.17, 15) is 9.59 Å². The van der Waals surface area contributed by atoms with Crippen molar-refractivity contribution in [3.63, 3.8) is 0 Å². The molecule has 4 aromatic rings. The van der Waals surface area contributed by atoms with Crippen molar-refractivity contribution >= 4 is 33.9 Å². The number of Topliss-reactive ketones (excluding diaryl/α,β-unsaturated/α-hetero) is 2. The van der Waals surface area contributed by atoms with Crippen molar-refractivity contribution in [2.45, 2.75) is 43.9 Å². The fourth-order valence-corrected chi connectivity index (χ4v) is 7.42. The van der Waals surface area contributed by atoms with Gasteiger partial charge in [0.1, 0.15) is 18.3 Å². The zero-order valence-corrected chi connectivity index (χ0v) is 26.0. The van der Waals surface area contributed by atoms with Gasteiger partial charge in [-0.1, -0.05) is 91.7 Å². The number of ketones is 2. The molecule has 0 N–H and O–H groups in total. The van der Waals surface area contributed by atoms with Crippen LogP contribution in [0.4, 0.5) is 5.69 Å². The lowest BCUT2D eigenvalue weighted by Crippen LogP contribution is -2.41. The van der Waals surface area contributed by atoms with Gasteiger partial charge in [-0.15, -0.1) is 0 Å². The van der Waals surface area contributed by atoms with Crippen LogP contribution in [0.5, 0.6) is 5.75 Å². The summed E-state index contributed by atoms with van der Waals surface area (Å²) in [6.45, 7) is 3.36. The Hall–Kier alpha value is -4.77. The smallest absolute Gasteiger partial charge is 0.209 e. The number of hydrogen-bond donors (Lipinski definition) is 0. The number of aryl methyl sites for hydroxylation is 1. The molecule has 5 nitrogen and oxygen atoms in total. The first kappa shape index (κ1) is 29.0. The fraction of sp³-hybridized carbons (Fsp3) is 0.275. The van der Waals surface area contributed by atoms with Crippen molar-refractivity contribution in [2.75, 3.05) is 13.2 Å². The maximum Gasteiger partial charge on any atom is 0.209 e. The average molecular weight is 596 g/mol. The normalized spacial score (nSPS) is 20.8. The number of hydrogen-bond acceptors (Lipinski definition) is 3. The first-order valence-corrected chi connectivity index (χ1v) is 16.1. The van der Waals surface area contributed by atoms with E-state index in [1.54, 1.807) is 0 Å². The van der Waals surface area contributed by atoms with Gasteiger partial charge in [-0.25, -0.2) is 0 Å². The van der Waals surface area contributed by atoms with Crippen LogP contribution in [0.2, 0.25) is 0 Å². The van der Waals surface area contributed by atoms with Gasteiger partial charge in [0.15, 0.2) is 23.8 Å². The third-order valence-corrected chi connectivity index (χ3v) is 9.84. The number of para-hydroxylation sites is 3. The predicted octanol–water partition coefficient (Wildman–Crippen LogP) is 7.78. The van der Waals surface area contributed by atoms with Crippen LogP contribution in [0.15, 0.2) is 121 Å². The molecule has 0 radical (unpaired) electrons. The second kappa shape index (κ2) is 12.0. The van der Waals surface area contributed by atoms with Crippen molar-refractivity contribution in [3.8, 4) is 5.75 Å². The molecule has 1 aliphatic heterocycles. The minimum absolute atomic E-state index is 0.0950. The molecule has 2 aliphatic carbocycles. The Morgan fingerprint density at radius 2 is 1.60 bits per heavy atom. The van der Waals surface area contributed by atoms with Gasteiger partial charge in [0.2, 0.25) is 5.69 Å². The number of rotatable bonds is 11. The number of carbonyl (C=O) groups is 2. The zero-order valence-electron chi connectivity index (χ0n) is 26.0. The molecule has 1 unspecified atom stereocenters. The molecular formula is C40H39N2O3+. The Bertz CT molecular complexity index is 1880. The molecule has 5 heteroatoms. The van der Waals surface area contributed by atoms with Gasteiger partial charge in [-0.2, -0.15) is 4.58 Å². The number of carbonyl (C=O) groups excluding carboxylic acids is 2. The molecule has 0 spiro atoms. The van der Waals surface area contributed by atoms with Crippen LogP contribution in [0.3, 0.4) is 0 Å². The average Bonchev–Trinajstić information content (AvgIpc) is 3.76. The molecule has 0 amide bonds. The van der Waals surface area contributed by atoms with Crippen LogP contribution in [-0.4, -0.2) is 39.6 Å². The van der Waals surface area contributed by atoms with Crippen LogP contribution < -0.4 is 4.74 Å². The number of benzene rings is 3. The summed E-state index contributed by atoms with van der Waals surface area (Å²) < 4.78 is 10.4. The number of unbranched alkanes of at least 4 members (excludes halogenated alkanes) is 1. The Labute approximate surface area is 264 Å². The topological polar surface area (TPSA) is 51.3 Å². The quantitative estimate of drug-likeness (QED) is 0.0585. The highest BCUT2D eigenvalue weighted by molar-refractivity contribution is 6.43. The summed E-state index contributed by atoms with van der Waals surface area (Å²) in [5, 5.41) is 0.961. The van der Waals surface area contributed by atoms with Crippen molar-refractivity contribution in [1.82, 2.24) is 4.57 Å². The summed E-state index contributed by atoms with van der Waals surface area (Å²) in [4.78, 5) is 27.7. The van der Waals surface area contributed by atoms with Crippen LogP contribution in [0, 0.1) is 5.92 Å². The highest BCUT2D eigenvalue weighted by Gasteiger charge is 2.51. The monoisotopic (exact) mass is 595 g/mol. The molecule has 3 aromatic carbocycles. The van der Waals surface area contributed by atoms with Crippen molar-refractivity contribution < 1.29 is 18.9 Å². The maximum absolute atomic E-state index is 13.8. The van der Waals surface area contributed by atoms with E-state index in [4.69, 9.17) is 4.74 Å². The van der Waals surface area contributed by atoms with E-state index in [0.29, 0.717) is 24.6 Å².